The van der Waals surface area contributed by atoms with E-state index in [0.29, 0.717) is 4.99 Å². The summed E-state index contributed by atoms with van der Waals surface area (Å²) >= 11 is 5.00. The maximum Gasteiger partial charge on any atom is 0.227 e. The zero-order valence-electron chi connectivity index (χ0n) is 11.2. The highest BCUT2D eigenvalue weighted by Gasteiger charge is 2.24. The third kappa shape index (κ3) is 3.53. The fourth-order valence-electron chi connectivity index (χ4n) is 2.56. The molecule has 0 atom stereocenters. The molecule has 0 bridgehead atoms. The lowest BCUT2D eigenvalue weighted by molar-refractivity contribution is -0.121. The summed E-state index contributed by atoms with van der Waals surface area (Å²) in [6.45, 7) is 2.25. The molecule has 1 aromatic rings. The molecule has 0 aliphatic heterocycles. The second kappa shape index (κ2) is 6.15. The zero-order chi connectivity index (χ0) is 13.8. The van der Waals surface area contributed by atoms with E-state index in [1.54, 1.807) is 0 Å². The molecule has 1 aromatic carbocycles. The minimum absolute atomic E-state index is 0.0931. The van der Waals surface area contributed by atoms with Crippen LogP contribution in [0.1, 0.15) is 38.2 Å². The van der Waals surface area contributed by atoms with Crippen molar-refractivity contribution in [2.24, 2.45) is 17.6 Å². The number of hydrogen-bond donors (Lipinski definition) is 2. The highest BCUT2D eigenvalue weighted by atomic mass is 32.1. The Morgan fingerprint density at radius 3 is 2.53 bits per heavy atom. The number of thiocarbonyl (C=S) groups is 1. The molecule has 1 aliphatic rings. The number of carbonyl (C=O) groups is 1. The van der Waals surface area contributed by atoms with Crippen molar-refractivity contribution in [1.82, 2.24) is 0 Å². The van der Waals surface area contributed by atoms with Crippen molar-refractivity contribution in [3.63, 3.8) is 0 Å². The molecule has 2 rings (SSSR count). The quantitative estimate of drug-likeness (QED) is 0.834. The summed E-state index contributed by atoms with van der Waals surface area (Å²) in [5.74, 6) is 0.958. The predicted octanol–water partition coefficient (Wildman–Crippen LogP) is 3.09. The number of anilines is 1. The highest BCUT2D eigenvalue weighted by molar-refractivity contribution is 7.80. The standard InChI is InChI=1S/C15H20N2OS/c1-10-6-8-11(9-7-10)15(18)17-13-5-3-2-4-12(13)14(16)19/h2-5,10-11H,6-9H2,1H3,(H2,16,19)(H,17,18). The second-order valence-electron chi connectivity index (χ2n) is 5.36. The zero-order valence-corrected chi connectivity index (χ0v) is 12.0. The van der Waals surface area contributed by atoms with Gasteiger partial charge in [0.2, 0.25) is 5.91 Å². The summed E-state index contributed by atoms with van der Waals surface area (Å²) in [6.07, 6.45) is 4.22. The van der Waals surface area contributed by atoms with Crippen LogP contribution in [0.5, 0.6) is 0 Å². The number of benzene rings is 1. The Bertz CT molecular complexity index is 479. The Balaban J connectivity index is 2.05. The molecule has 19 heavy (non-hydrogen) atoms. The molecular weight excluding hydrogens is 256 g/mol. The van der Waals surface area contributed by atoms with Gasteiger partial charge in [-0.15, -0.1) is 0 Å². The maximum atomic E-state index is 12.3. The SMILES string of the molecule is CC1CCC(C(=O)Nc2ccccc2C(N)=S)CC1. The molecule has 3 nitrogen and oxygen atoms in total. The van der Waals surface area contributed by atoms with E-state index < -0.39 is 0 Å². The Labute approximate surface area is 119 Å². The molecule has 102 valence electrons. The van der Waals surface area contributed by atoms with Crippen molar-refractivity contribution in [2.75, 3.05) is 5.32 Å². The first-order valence-corrected chi connectivity index (χ1v) is 7.18. The van der Waals surface area contributed by atoms with Crippen molar-refractivity contribution in [3.8, 4) is 0 Å². The minimum atomic E-state index is 0.0931. The molecule has 0 radical (unpaired) electrons. The van der Waals surface area contributed by atoms with Crippen molar-refractivity contribution in [1.29, 1.82) is 0 Å². The molecule has 0 spiro atoms. The lowest BCUT2D eigenvalue weighted by Gasteiger charge is -2.25. The fourth-order valence-corrected chi connectivity index (χ4v) is 2.74. The molecule has 0 aromatic heterocycles. The number of nitrogens with one attached hydrogen (secondary N) is 1. The van der Waals surface area contributed by atoms with Crippen molar-refractivity contribution in [3.05, 3.63) is 29.8 Å². The first-order valence-electron chi connectivity index (χ1n) is 6.77. The van der Waals surface area contributed by atoms with Gasteiger partial charge in [-0.1, -0.05) is 31.3 Å². The van der Waals surface area contributed by atoms with Gasteiger partial charge in [0.25, 0.3) is 0 Å². The molecule has 0 heterocycles. The third-order valence-electron chi connectivity index (χ3n) is 3.84. The van der Waals surface area contributed by atoms with Gasteiger partial charge in [0.05, 0.1) is 5.69 Å². The minimum Gasteiger partial charge on any atom is -0.389 e. The van der Waals surface area contributed by atoms with Crippen LogP contribution in [0.3, 0.4) is 0 Å². The summed E-state index contributed by atoms with van der Waals surface area (Å²) in [5, 5.41) is 2.97. The summed E-state index contributed by atoms with van der Waals surface area (Å²) in [5.41, 5.74) is 7.12. The smallest absolute Gasteiger partial charge is 0.227 e. The largest absolute Gasteiger partial charge is 0.389 e. The molecule has 1 saturated carbocycles. The lowest BCUT2D eigenvalue weighted by atomic mass is 9.82. The molecular formula is C15H20N2OS. The van der Waals surface area contributed by atoms with Crippen LogP contribution >= 0.6 is 12.2 Å². The van der Waals surface area contributed by atoms with Gasteiger partial charge in [-0.25, -0.2) is 0 Å². The van der Waals surface area contributed by atoms with Crippen LogP contribution < -0.4 is 11.1 Å². The van der Waals surface area contributed by atoms with Gasteiger partial charge >= 0.3 is 0 Å². The van der Waals surface area contributed by atoms with Gasteiger partial charge in [-0.2, -0.15) is 0 Å². The second-order valence-corrected chi connectivity index (χ2v) is 5.80. The molecule has 1 aliphatic carbocycles. The number of rotatable bonds is 3. The number of para-hydroxylation sites is 1. The molecule has 0 unspecified atom stereocenters. The van der Waals surface area contributed by atoms with Crippen molar-refractivity contribution < 1.29 is 4.79 Å². The van der Waals surface area contributed by atoms with Gasteiger partial charge in [0.15, 0.2) is 0 Å². The van der Waals surface area contributed by atoms with E-state index >= 15 is 0 Å². The summed E-state index contributed by atoms with van der Waals surface area (Å²) < 4.78 is 0. The highest BCUT2D eigenvalue weighted by Crippen LogP contribution is 2.29. The number of nitrogens with two attached hydrogens (primary N) is 1. The average Bonchev–Trinajstić information content (AvgIpc) is 2.39. The molecule has 3 N–H and O–H groups in total. The summed E-state index contributed by atoms with van der Waals surface area (Å²) in [7, 11) is 0. The molecule has 4 heteroatoms. The normalized spacial score (nSPS) is 22.8. The van der Waals surface area contributed by atoms with E-state index in [1.807, 2.05) is 24.3 Å². The van der Waals surface area contributed by atoms with Crippen LogP contribution in [0.4, 0.5) is 5.69 Å². The summed E-state index contributed by atoms with van der Waals surface area (Å²) in [4.78, 5) is 12.6. The van der Waals surface area contributed by atoms with E-state index in [0.717, 1.165) is 42.9 Å². The van der Waals surface area contributed by atoms with Crippen LogP contribution in [0.15, 0.2) is 24.3 Å². The van der Waals surface area contributed by atoms with Crippen LogP contribution in [-0.4, -0.2) is 10.9 Å². The monoisotopic (exact) mass is 276 g/mol. The molecule has 0 saturated heterocycles. The van der Waals surface area contributed by atoms with Crippen molar-refractivity contribution >= 4 is 28.8 Å². The van der Waals surface area contributed by atoms with Crippen LogP contribution in [0.2, 0.25) is 0 Å². The van der Waals surface area contributed by atoms with Gasteiger partial charge in [0, 0.05) is 11.5 Å². The van der Waals surface area contributed by atoms with Crippen LogP contribution in [0, 0.1) is 11.8 Å². The Kier molecular flexibility index (Phi) is 4.53. The Morgan fingerprint density at radius 2 is 1.89 bits per heavy atom. The van der Waals surface area contributed by atoms with Crippen molar-refractivity contribution in [2.45, 2.75) is 32.6 Å². The van der Waals surface area contributed by atoms with Gasteiger partial charge < -0.3 is 11.1 Å². The first kappa shape index (κ1) is 14.0. The summed E-state index contributed by atoms with van der Waals surface area (Å²) in [6, 6.07) is 7.42. The lowest BCUT2D eigenvalue weighted by Crippen LogP contribution is -2.27. The third-order valence-corrected chi connectivity index (χ3v) is 4.06. The molecule has 1 amide bonds. The van der Waals surface area contributed by atoms with E-state index in [1.165, 1.54) is 0 Å². The Morgan fingerprint density at radius 1 is 1.26 bits per heavy atom. The van der Waals surface area contributed by atoms with Gasteiger partial charge in [0.1, 0.15) is 4.99 Å². The van der Waals surface area contributed by atoms with Crippen LogP contribution in [-0.2, 0) is 4.79 Å². The van der Waals surface area contributed by atoms with E-state index in [9.17, 15) is 4.79 Å². The number of hydrogen-bond acceptors (Lipinski definition) is 2. The van der Waals surface area contributed by atoms with E-state index in [4.69, 9.17) is 18.0 Å². The first-order chi connectivity index (χ1) is 9.08. The van der Waals surface area contributed by atoms with E-state index in [-0.39, 0.29) is 11.8 Å². The predicted molar refractivity (Wildman–Crippen MR) is 82.1 cm³/mol. The number of carbonyl (C=O) groups excluding carboxylic acids is 1. The molecule has 1 fully saturated rings. The fraction of sp³-hybridized carbons (Fsp3) is 0.467. The Hall–Kier alpha value is -1.42. The van der Waals surface area contributed by atoms with Crippen LogP contribution in [0.25, 0.3) is 0 Å². The average molecular weight is 276 g/mol. The maximum absolute atomic E-state index is 12.3. The van der Waals surface area contributed by atoms with E-state index in [2.05, 4.69) is 12.2 Å². The van der Waals surface area contributed by atoms with Gasteiger partial charge in [-0.05, 0) is 43.7 Å². The van der Waals surface area contributed by atoms with Gasteiger partial charge in [-0.3, -0.25) is 4.79 Å². The topological polar surface area (TPSA) is 55.1 Å². The number of amides is 1.